The number of benzene rings is 2. The van der Waals surface area contributed by atoms with Crippen molar-refractivity contribution in [2.45, 2.75) is 32.7 Å². The Bertz CT molecular complexity index is 786. The van der Waals surface area contributed by atoms with Gasteiger partial charge in [-0.1, -0.05) is 29.8 Å². The number of nitrogens with zero attached hydrogens (tertiary/aromatic N) is 2. The average molecular weight is 321 g/mol. The molecule has 1 N–H and O–H groups in total. The molecule has 2 aliphatic heterocycles. The van der Waals surface area contributed by atoms with Crippen molar-refractivity contribution < 1.29 is 4.79 Å². The number of para-hydroxylation sites is 2. The summed E-state index contributed by atoms with van der Waals surface area (Å²) < 4.78 is 0. The third-order valence-corrected chi connectivity index (χ3v) is 5.12. The molecule has 1 fully saturated rings. The van der Waals surface area contributed by atoms with Crippen LogP contribution < -0.4 is 15.1 Å². The highest BCUT2D eigenvalue weighted by molar-refractivity contribution is 6.05. The van der Waals surface area contributed by atoms with Crippen LogP contribution in [0.4, 0.5) is 21.9 Å². The number of carbonyl (C=O) groups excluding carboxylic acids is 1. The Hall–Kier alpha value is -2.49. The van der Waals surface area contributed by atoms with Gasteiger partial charge in [-0.3, -0.25) is 4.90 Å². The van der Waals surface area contributed by atoms with Crippen molar-refractivity contribution in [3.63, 3.8) is 0 Å². The van der Waals surface area contributed by atoms with Gasteiger partial charge >= 0.3 is 6.03 Å². The second-order valence-electron chi connectivity index (χ2n) is 6.84. The average Bonchev–Trinajstić information content (AvgIpc) is 3.05. The monoisotopic (exact) mass is 321 g/mol. The zero-order chi connectivity index (χ0) is 16.7. The molecule has 1 atom stereocenters. The Labute approximate surface area is 143 Å². The Morgan fingerprint density at radius 2 is 1.92 bits per heavy atom. The number of fused-ring (bicyclic) bond motifs is 3. The molecule has 4 rings (SSSR count). The van der Waals surface area contributed by atoms with Crippen molar-refractivity contribution in [3.8, 4) is 0 Å². The number of aryl methyl sites for hydroxylation is 2. The van der Waals surface area contributed by atoms with Gasteiger partial charge in [0.1, 0.15) is 0 Å². The number of nitrogens with one attached hydrogen (secondary N) is 1. The van der Waals surface area contributed by atoms with Gasteiger partial charge in [0.2, 0.25) is 0 Å². The second-order valence-corrected chi connectivity index (χ2v) is 6.84. The van der Waals surface area contributed by atoms with Gasteiger partial charge in [-0.25, -0.2) is 4.79 Å². The smallest absolute Gasteiger partial charge is 0.326 e. The summed E-state index contributed by atoms with van der Waals surface area (Å²) in [7, 11) is 0. The fourth-order valence-electron chi connectivity index (χ4n) is 3.92. The predicted octanol–water partition coefficient (Wildman–Crippen LogP) is 4.32. The van der Waals surface area contributed by atoms with Crippen molar-refractivity contribution in [1.29, 1.82) is 0 Å². The molecule has 4 heteroatoms. The van der Waals surface area contributed by atoms with Gasteiger partial charge in [-0.05, 0) is 50.5 Å². The van der Waals surface area contributed by atoms with Crippen LogP contribution in [0.15, 0.2) is 42.5 Å². The molecule has 24 heavy (non-hydrogen) atoms. The Kier molecular flexibility index (Phi) is 3.68. The van der Waals surface area contributed by atoms with E-state index in [1.165, 1.54) is 17.7 Å². The van der Waals surface area contributed by atoms with Gasteiger partial charge in [0.15, 0.2) is 0 Å². The summed E-state index contributed by atoms with van der Waals surface area (Å²) in [5.74, 6) is 0. The maximum atomic E-state index is 13.0. The van der Waals surface area contributed by atoms with Crippen molar-refractivity contribution in [3.05, 3.63) is 53.6 Å². The summed E-state index contributed by atoms with van der Waals surface area (Å²) in [6, 6.07) is 14.7. The first-order valence-electron chi connectivity index (χ1n) is 8.65. The third kappa shape index (κ3) is 2.52. The van der Waals surface area contributed by atoms with Gasteiger partial charge in [0.25, 0.3) is 0 Å². The molecular weight excluding hydrogens is 298 g/mol. The van der Waals surface area contributed by atoms with E-state index in [0.29, 0.717) is 6.04 Å². The molecule has 0 spiro atoms. The van der Waals surface area contributed by atoms with Crippen LogP contribution in [0, 0.1) is 13.8 Å². The van der Waals surface area contributed by atoms with Crippen molar-refractivity contribution >= 4 is 23.1 Å². The molecule has 2 heterocycles. The van der Waals surface area contributed by atoms with E-state index < -0.39 is 0 Å². The molecule has 0 radical (unpaired) electrons. The zero-order valence-corrected chi connectivity index (χ0v) is 14.2. The molecular formula is C20H23N3O. The lowest BCUT2D eigenvalue weighted by atomic mass is 10.1. The maximum Gasteiger partial charge on any atom is 0.326 e. The minimum Gasteiger partial charge on any atom is -0.365 e. The quantitative estimate of drug-likeness (QED) is 0.849. The van der Waals surface area contributed by atoms with Crippen molar-refractivity contribution in [2.24, 2.45) is 0 Å². The van der Waals surface area contributed by atoms with Crippen molar-refractivity contribution in [1.82, 2.24) is 0 Å². The fraction of sp³-hybridized carbons (Fsp3) is 0.350. The van der Waals surface area contributed by atoms with E-state index in [0.717, 1.165) is 36.4 Å². The topological polar surface area (TPSA) is 35.6 Å². The number of urea groups is 1. The molecule has 0 unspecified atom stereocenters. The molecule has 0 bridgehead atoms. The molecule has 0 saturated carbocycles. The van der Waals surface area contributed by atoms with Crippen LogP contribution in [0.3, 0.4) is 0 Å². The van der Waals surface area contributed by atoms with Gasteiger partial charge in [0.05, 0.1) is 11.4 Å². The van der Waals surface area contributed by atoms with E-state index in [4.69, 9.17) is 0 Å². The highest BCUT2D eigenvalue weighted by Gasteiger charge is 2.36. The molecule has 2 aromatic rings. The third-order valence-electron chi connectivity index (χ3n) is 5.12. The summed E-state index contributed by atoms with van der Waals surface area (Å²) in [5, 5.41) is 3.10. The van der Waals surface area contributed by atoms with Gasteiger partial charge < -0.3 is 10.2 Å². The van der Waals surface area contributed by atoms with E-state index in [1.54, 1.807) is 0 Å². The number of rotatable bonds is 1. The highest BCUT2D eigenvalue weighted by atomic mass is 16.2. The van der Waals surface area contributed by atoms with Crippen LogP contribution in [0.2, 0.25) is 0 Å². The SMILES string of the molecule is Cc1ccc(NC(=O)N2C[C@H]3CCCN3c3ccccc32)c(C)c1. The molecule has 2 aliphatic rings. The number of amides is 2. The molecule has 1 saturated heterocycles. The van der Waals surface area contributed by atoms with Crippen LogP contribution in [0.5, 0.6) is 0 Å². The lowest BCUT2D eigenvalue weighted by Crippen LogP contribution is -2.49. The molecule has 2 aromatic carbocycles. The van der Waals surface area contributed by atoms with E-state index >= 15 is 0 Å². The van der Waals surface area contributed by atoms with Crippen LogP contribution in [0.1, 0.15) is 24.0 Å². The summed E-state index contributed by atoms with van der Waals surface area (Å²) in [6.07, 6.45) is 2.35. The zero-order valence-electron chi connectivity index (χ0n) is 14.2. The minimum absolute atomic E-state index is 0.0408. The Morgan fingerprint density at radius 3 is 2.71 bits per heavy atom. The minimum atomic E-state index is -0.0408. The molecule has 2 amide bonds. The van der Waals surface area contributed by atoms with Crippen LogP contribution in [-0.2, 0) is 0 Å². The van der Waals surface area contributed by atoms with Crippen LogP contribution >= 0.6 is 0 Å². The van der Waals surface area contributed by atoms with E-state index in [-0.39, 0.29) is 6.03 Å². The fourth-order valence-corrected chi connectivity index (χ4v) is 3.92. The first-order valence-corrected chi connectivity index (χ1v) is 8.65. The summed E-state index contributed by atoms with van der Waals surface area (Å²) in [4.78, 5) is 17.3. The van der Waals surface area contributed by atoms with E-state index in [1.807, 2.05) is 36.1 Å². The van der Waals surface area contributed by atoms with E-state index in [2.05, 4.69) is 35.3 Å². The first-order chi connectivity index (χ1) is 11.6. The van der Waals surface area contributed by atoms with Crippen LogP contribution in [-0.4, -0.2) is 25.2 Å². The first kappa shape index (κ1) is 15.1. The number of hydrogen-bond acceptors (Lipinski definition) is 2. The Morgan fingerprint density at radius 1 is 1.12 bits per heavy atom. The van der Waals surface area contributed by atoms with Gasteiger partial charge in [-0.15, -0.1) is 0 Å². The standard InChI is InChI=1S/C20H23N3O/c1-14-9-10-17(15(2)12-14)21-20(24)23-13-16-6-5-11-22(16)18-7-3-4-8-19(18)23/h3-4,7-10,12,16H,5-6,11,13H2,1-2H3,(H,21,24)/t16-/m1/s1. The molecule has 0 aliphatic carbocycles. The summed E-state index contributed by atoms with van der Waals surface area (Å²) in [5.41, 5.74) is 5.38. The Balaban J connectivity index is 1.63. The normalized spacial score (nSPS) is 19.0. The number of carbonyl (C=O) groups is 1. The van der Waals surface area contributed by atoms with Gasteiger partial charge in [-0.2, -0.15) is 0 Å². The maximum absolute atomic E-state index is 13.0. The summed E-state index contributed by atoms with van der Waals surface area (Å²) in [6.45, 7) is 5.95. The predicted molar refractivity (Wildman–Crippen MR) is 99.1 cm³/mol. The number of hydrogen-bond donors (Lipinski definition) is 1. The van der Waals surface area contributed by atoms with E-state index in [9.17, 15) is 4.79 Å². The van der Waals surface area contributed by atoms with Crippen molar-refractivity contribution in [2.75, 3.05) is 28.2 Å². The number of anilines is 3. The lowest BCUT2D eigenvalue weighted by molar-refractivity contribution is 0.256. The molecule has 0 aromatic heterocycles. The highest BCUT2D eigenvalue weighted by Crippen LogP contribution is 2.39. The lowest BCUT2D eigenvalue weighted by Gasteiger charge is -2.40. The molecule has 4 nitrogen and oxygen atoms in total. The summed E-state index contributed by atoms with van der Waals surface area (Å²) >= 11 is 0. The second kappa shape index (κ2) is 5.86. The van der Waals surface area contributed by atoms with Gasteiger partial charge in [0, 0.05) is 24.8 Å². The molecule has 124 valence electrons. The van der Waals surface area contributed by atoms with Crippen LogP contribution in [0.25, 0.3) is 0 Å². The largest absolute Gasteiger partial charge is 0.365 e.